The van der Waals surface area contributed by atoms with Crippen LogP contribution in [0.15, 0.2) is 66.9 Å². The van der Waals surface area contributed by atoms with Crippen LogP contribution in [0.1, 0.15) is 30.7 Å². The Balaban J connectivity index is 1.38. The van der Waals surface area contributed by atoms with Gasteiger partial charge in [0.1, 0.15) is 5.69 Å². The molecule has 0 spiro atoms. The molecular formula is C27H34N4O4. The van der Waals surface area contributed by atoms with Crippen molar-refractivity contribution in [1.29, 1.82) is 0 Å². The van der Waals surface area contributed by atoms with Gasteiger partial charge in [-0.2, -0.15) is 0 Å². The monoisotopic (exact) mass is 478 g/mol. The normalized spacial score (nSPS) is 22.1. The molecule has 4 rings (SSSR count). The Morgan fingerprint density at radius 2 is 1.77 bits per heavy atom. The van der Waals surface area contributed by atoms with Crippen molar-refractivity contribution in [1.82, 2.24) is 20.3 Å². The van der Waals surface area contributed by atoms with Crippen molar-refractivity contribution in [2.24, 2.45) is 11.8 Å². The minimum Gasteiger partial charge on any atom is -0.375 e. The maximum absolute atomic E-state index is 11.2. The average Bonchev–Trinajstić information content (AvgIpc) is 3.32. The quantitative estimate of drug-likeness (QED) is 0.455. The summed E-state index contributed by atoms with van der Waals surface area (Å²) < 4.78 is 20.6. The van der Waals surface area contributed by atoms with Crippen molar-refractivity contribution < 1.29 is 19.0 Å². The van der Waals surface area contributed by atoms with E-state index >= 15 is 0 Å². The fourth-order valence-electron chi connectivity index (χ4n) is 4.38. The Kier molecular flexibility index (Phi) is 9.00. The molecule has 1 aliphatic rings. The second-order valence-electron chi connectivity index (χ2n) is 9.09. The zero-order chi connectivity index (χ0) is 24.5. The van der Waals surface area contributed by atoms with Gasteiger partial charge in [0.15, 0.2) is 0 Å². The first-order chi connectivity index (χ1) is 17.1. The second-order valence-corrected chi connectivity index (χ2v) is 9.09. The molecule has 4 atom stereocenters. The molecule has 0 unspecified atom stereocenters. The van der Waals surface area contributed by atoms with E-state index in [-0.39, 0.29) is 30.0 Å². The number of hydrogen-bond acceptors (Lipinski definition) is 6. The summed E-state index contributed by atoms with van der Waals surface area (Å²) in [7, 11) is 0. The van der Waals surface area contributed by atoms with Crippen LogP contribution in [0.3, 0.4) is 0 Å². The number of rotatable bonds is 11. The molecule has 1 aliphatic heterocycles. The highest BCUT2D eigenvalue weighted by atomic mass is 16.5. The van der Waals surface area contributed by atoms with Gasteiger partial charge in [0.2, 0.25) is 5.91 Å². The van der Waals surface area contributed by atoms with Crippen LogP contribution < -0.4 is 5.32 Å². The van der Waals surface area contributed by atoms with Crippen LogP contribution in [-0.4, -0.2) is 46.3 Å². The minimum absolute atomic E-state index is 0.0303. The third-order valence-electron chi connectivity index (χ3n) is 6.30. The molecule has 1 saturated heterocycles. The van der Waals surface area contributed by atoms with Crippen LogP contribution in [-0.2, 0) is 45.3 Å². The summed E-state index contributed by atoms with van der Waals surface area (Å²) in [6, 6.07) is 20.4. The fourth-order valence-corrected chi connectivity index (χ4v) is 4.38. The number of nitrogens with zero attached hydrogens (tertiary/aromatic N) is 3. The van der Waals surface area contributed by atoms with E-state index in [0.29, 0.717) is 39.5 Å². The summed E-state index contributed by atoms with van der Waals surface area (Å²) in [4.78, 5) is 11.2. The van der Waals surface area contributed by atoms with E-state index < -0.39 is 0 Å². The number of amides is 1. The molecule has 0 aliphatic carbocycles. The van der Waals surface area contributed by atoms with E-state index in [1.807, 2.05) is 47.3 Å². The van der Waals surface area contributed by atoms with Gasteiger partial charge in [0, 0.05) is 18.8 Å². The topological polar surface area (TPSA) is 87.5 Å². The zero-order valence-electron chi connectivity index (χ0n) is 20.4. The second kappa shape index (κ2) is 12.6. The highest BCUT2D eigenvalue weighted by molar-refractivity contribution is 5.72. The Labute approximate surface area is 206 Å². The number of carbonyl (C=O) groups excluding carboxylic acids is 1. The molecule has 8 heteroatoms. The van der Waals surface area contributed by atoms with Crippen LogP contribution in [0.4, 0.5) is 0 Å². The lowest BCUT2D eigenvalue weighted by molar-refractivity contribution is -0.170. The molecule has 1 amide bonds. The maximum atomic E-state index is 11.2. The third kappa shape index (κ3) is 7.45. The molecular weight excluding hydrogens is 444 g/mol. The highest BCUT2D eigenvalue weighted by Crippen LogP contribution is 2.30. The largest absolute Gasteiger partial charge is 0.375 e. The number of aromatic nitrogens is 3. The van der Waals surface area contributed by atoms with E-state index in [4.69, 9.17) is 14.2 Å². The summed E-state index contributed by atoms with van der Waals surface area (Å²) in [5, 5.41) is 11.2. The highest BCUT2D eigenvalue weighted by Gasteiger charge is 2.39. The summed E-state index contributed by atoms with van der Waals surface area (Å²) >= 11 is 0. The van der Waals surface area contributed by atoms with Crippen molar-refractivity contribution in [3.05, 3.63) is 83.7 Å². The van der Waals surface area contributed by atoms with Crippen LogP contribution in [0, 0.1) is 11.8 Å². The van der Waals surface area contributed by atoms with Crippen molar-refractivity contribution in [2.45, 2.75) is 52.4 Å². The molecule has 0 saturated carbocycles. The van der Waals surface area contributed by atoms with Gasteiger partial charge in [-0.1, -0.05) is 72.8 Å². The Bertz CT molecular complexity index is 1040. The summed E-state index contributed by atoms with van der Waals surface area (Å²) in [6.45, 7) is 6.79. The van der Waals surface area contributed by atoms with E-state index in [9.17, 15) is 4.79 Å². The SMILES string of the molecule is CC(=O)NCc1cn(C[C@@H]2CO[C@H](COCc3ccccc3)[C@H](C)[C@@H]2OCc2ccccc2)nn1. The van der Waals surface area contributed by atoms with Gasteiger partial charge in [0.25, 0.3) is 0 Å². The minimum atomic E-state index is -0.0936. The summed E-state index contributed by atoms with van der Waals surface area (Å²) in [5.41, 5.74) is 3.01. The maximum Gasteiger partial charge on any atom is 0.217 e. The smallest absolute Gasteiger partial charge is 0.217 e. The third-order valence-corrected chi connectivity index (χ3v) is 6.30. The van der Waals surface area contributed by atoms with Crippen molar-refractivity contribution >= 4 is 5.91 Å². The molecule has 8 nitrogen and oxygen atoms in total. The number of hydrogen-bond donors (Lipinski definition) is 1. The van der Waals surface area contributed by atoms with Crippen LogP contribution in [0.5, 0.6) is 0 Å². The average molecular weight is 479 g/mol. The van der Waals surface area contributed by atoms with Crippen LogP contribution >= 0.6 is 0 Å². The number of benzene rings is 2. The summed E-state index contributed by atoms with van der Waals surface area (Å²) in [6.07, 6.45) is 1.78. The molecule has 2 heterocycles. The van der Waals surface area contributed by atoms with Gasteiger partial charge in [0.05, 0.1) is 57.9 Å². The predicted octanol–water partition coefficient (Wildman–Crippen LogP) is 3.37. The Morgan fingerprint density at radius 3 is 2.46 bits per heavy atom. The van der Waals surface area contributed by atoms with Gasteiger partial charge in [-0.25, -0.2) is 0 Å². The van der Waals surface area contributed by atoms with Gasteiger partial charge in [-0.3, -0.25) is 9.48 Å². The van der Waals surface area contributed by atoms with Gasteiger partial charge >= 0.3 is 0 Å². The van der Waals surface area contributed by atoms with E-state index in [2.05, 4.69) is 46.8 Å². The van der Waals surface area contributed by atoms with Gasteiger partial charge < -0.3 is 19.5 Å². The zero-order valence-corrected chi connectivity index (χ0v) is 20.4. The first-order valence-electron chi connectivity index (χ1n) is 12.1. The molecule has 1 N–H and O–H groups in total. The number of carbonyl (C=O) groups is 1. The number of ether oxygens (including phenoxy) is 3. The predicted molar refractivity (Wildman–Crippen MR) is 131 cm³/mol. The van der Waals surface area contributed by atoms with Gasteiger partial charge in [-0.05, 0) is 11.1 Å². The van der Waals surface area contributed by atoms with E-state index in [0.717, 1.165) is 16.8 Å². The molecule has 3 aromatic rings. The first kappa shape index (κ1) is 25.0. The van der Waals surface area contributed by atoms with Crippen molar-refractivity contribution in [2.75, 3.05) is 13.2 Å². The molecule has 186 valence electrons. The molecule has 0 radical (unpaired) electrons. The Hall–Kier alpha value is -3.07. The lowest BCUT2D eigenvalue weighted by atomic mass is 9.85. The van der Waals surface area contributed by atoms with Gasteiger partial charge in [-0.15, -0.1) is 5.10 Å². The fraction of sp³-hybridized carbons (Fsp3) is 0.444. The van der Waals surface area contributed by atoms with E-state index in [1.165, 1.54) is 6.92 Å². The first-order valence-corrected chi connectivity index (χ1v) is 12.1. The van der Waals surface area contributed by atoms with Crippen LogP contribution in [0.2, 0.25) is 0 Å². The lowest BCUT2D eigenvalue weighted by Crippen LogP contribution is -2.49. The molecule has 2 aromatic carbocycles. The standard InChI is InChI=1S/C27H34N4O4/c1-20-26(19-33-16-22-9-5-3-6-10-22)34-18-24(27(20)35-17-23-11-7-4-8-12-23)14-31-15-25(29-30-31)13-28-21(2)32/h3-12,15,20,24,26-27H,13-14,16-19H2,1-2H3,(H,28,32)/t20-,24+,26+,27-/m0/s1. The lowest BCUT2D eigenvalue weighted by Gasteiger charge is -2.41. The molecule has 1 aromatic heterocycles. The Morgan fingerprint density at radius 1 is 1.09 bits per heavy atom. The van der Waals surface area contributed by atoms with Crippen molar-refractivity contribution in [3.63, 3.8) is 0 Å². The molecule has 35 heavy (non-hydrogen) atoms. The summed E-state index contributed by atoms with van der Waals surface area (Å²) in [5.74, 6) is 0.147. The van der Waals surface area contributed by atoms with Crippen LogP contribution in [0.25, 0.3) is 0 Å². The number of nitrogens with one attached hydrogen (secondary N) is 1. The molecule has 1 fully saturated rings. The molecule has 0 bridgehead atoms. The van der Waals surface area contributed by atoms with Crippen molar-refractivity contribution in [3.8, 4) is 0 Å². The van der Waals surface area contributed by atoms with E-state index in [1.54, 1.807) is 0 Å².